The van der Waals surface area contributed by atoms with E-state index in [0.717, 1.165) is 24.8 Å². The van der Waals surface area contributed by atoms with E-state index in [0.29, 0.717) is 0 Å². The summed E-state index contributed by atoms with van der Waals surface area (Å²) in [5.74, 6) is 0.732. The SMILES string of the molecule is CC1CCC(CCNC(=O)CC(C)(C)CC(=O)O)CC1. The van der Waals surface area contributed by atoms with Gasteiger partial charge in [0.25, 0.3) is 0 Å². The van der Waals surface area contributed by atoms with Crippen molar-refractivity contribution in [3.05, 3.63) is 0 Å². The summed E-state index contributed by atoms with van der Waals surface area (Å²) in [6.07, 6.45) is 6.54. The molecule has 1 aliphatic rings. The summed E-state index contributed by atoms with van der Waals surface area (Å²) >= 11 is 0. The maximum absolute atomic E-state index is 11.8. The van der Waals surface area contributed by atoms with Crippen LogP contribution in [0.3, 0.4) is 0 Å². The average Bonchev–Trinajstić information content (AvgIpc) is 2.29. The number of hydrogen-bond donors (Lipinski definition) is 2. The van der Waals surface area contributed by atoms with Gasteiger partial charge in [-0.2, -0.15) is 0 Å². The molecule has 0 aliphatic heterocycles. The quantitative estimate of drug-likeness (QED) is 0.754. The first kappa shape index (κ1) is 17.0. The third kappa shape index (κ3) is 6.92. The zero-order valence-electron chi connectivity index (χ0n) is 13.1. The number of carbonyl (C=O) groups excluding carboxylic acids is 1. The van der Waals surface area contributed by atoms with E-state index in [4.69, 9.17) is 5.11 Å². The van der Waals surface area contributed by atoms with Gasteiger partial charge in [-0.15, -0.1) is 0 Å². The normalized spacial score (nSPS) is 23.4. The Morgan fingerprint density at radius 1 is 1.15 bits per heavy atom. The lowest BCUT2D eigenvalue weighted by molar-refractivity contribution is -0.139. The van der Waals surface area contributed by atoms with Crippen LogP contribution >= 0.6 is 0 Å². The van der Waals surface area contributed by atoms with Crippen LogP contribution in [0.4, 0.5) is 0 Å². The first-order chi connectivity index (χ1) is 9.28. The van der Waals surface area contributed by atoms with Gasteiger partial charge in [-0.1, -0.05) is 46.5 Å². The Balaban J connectivity index is 2.18. The van der Waals surface area contributed by atoms with Gasteiger partial charge in [0.2, 0.25) is 5.91 Å². The molecule has 0 spiro atoms. The van der Waals surface area contributed by atoms with E-state index in [1.165, 1.54) is 25.7 Å². The van der Waals surface area contributed by atoms with E-state index in [1.807, 2.05) is 13.8 Å². The number of amides is 1. The fraction of sp³-hybridized carbons (Fsp3) is 0.875. The van der Waals surface area contributed by atoms with Crippen LogP contribution in [0.15, 0.2) is 0 Å². The van der Waals surface area contributed by atoms with Crippen molar-refractivity contribution < 1.29 is 14.7 Å². The average molecular weight is 283 g/mol. The maximum atomic E-state index is 11.8. The van der Waals surface area contributed by atoms with Crippen molar-refractivity contribution in [3.8, 4) is 0 Å². The molecule has 0 atom stereocenters. The lowest BCUT2D eigenvalue weighted by atomic mass is 9.81. The smallest absolute Gasteiger partial charge is 0.303 e. The van der Waals surface area contributed by atoms with E-state index in [2.05, 4.69) is 12.2 Å². The van der Waals surface area contributed by atoms with Crippen LogP contribution in [0.5, 0.6) is 0 Å². The Morgan fingerprint density at radius 2 is 1.75 bits per heavy atom. The zero-order valence-corrected chi connectivity index (χ0v) is 13.1. The van der Waals surface area contributed by atoms with Crippen molar-refractivity contribution in [2.45, 2.75) is 65.7 Å². The van der Waals surface area contributed by atoms with E-state index < -0.39 is 11.4 Å². The van der Waals surface area contributed by atoms with E-state index >= 15 is 0 Å². The second-order valence-electron chi connectivity index (χ2n) is 7.18. The zero-order chi connectivity index (χ0) is 15.2. The summed E-state index contributed by atoms with van der Waals surface area (Å²) in [4.78, 5) is 22.5. The minimum Gasteiger partial charge on any atom is -0.481 e. The molecule has 1 fully saturated rings. The van der Waals surface area contributed by atoms with Crippen molar-refractivity contribution in [1.82, 2.24) is 5.32 Å². The molecule has 1 saturated carbocycles. The first-order valence-corrected chi connectivity index (χ1v) is 7.77. The molecule has 0 aromatic rings. The molecule has 20 heavy (non-hydrogen) atoms. The molecule has 1 rings (SSSR count). The minimum atomic E-state index is -0.848. The largest absolute Gasteiger partial charge is 0.481 e. The highest BCUT2D eigenvalue weighted by atomic mass is 16.4. The van der Waals surface area contributed by atoms with Crippen LogP contribution in [0.1, 0.15) is 65.7 Å². The standard InChI is InChI=1S/C16H29NO3/c1-12-4-6-13(7-5-12)8-9-17-14(18)10-16(2,3)11-15(19)20/h12-13H,4-11H2,1-3H3,(H,17,18)(H,19,20). The van der Waals surface area contributed by atoms with Crippen molar-refractivity contribution >= 4 is 11.9 Å². The first-order valence-electron chi connectivity index (χ1n) is 7.77. The fourth-order valence-corrected chi connectivity index (χ4v) is 3.00. The summed E-state index contributed by atoms with van der Waals surface area (Å²) in [6, 6.07) is 0. The topological polar surface area (TPSA) is 66.4 Å². The summed E-state index contributed by atoms with van der Waals surface area (Å²) in [5, 5.41) is 11.7. The monoisotopic (exact) mass is 283 g/mol. The summed E-state index contributed by atoms with van der Waals surface area (Å²) < 4.78 is 0. The molecule has 0 unspecified atom stereocenters. The summed E-state index contributed by atoms with van der Waals surface area (Å²) in [5.41, 5.74) is -0.476. The molecule has 2 N–H and O–H groups in total. The maximum Gasteiger partial charge on any atom is 0.303 e. The van der Waals surface area contributed by atoms with Crippen LogP contribution in [0.25, 0.3) is 0 Å². The third-order valence-corrected chi connectivity index (χ3v) is 4.28. The van der Waals surface area contributed by atoms with E-state index in [1.54, 1.807) is 0 Å². The highest BCUT2D eigenvalue weighted by Crippen LogP contribution is 2.30. The molecule has 0 saturated heterocycles. The molecule has 0 heterocycles. The molecule has 1 amide bonds. The predicted molar refractivity (Wildman–Crippen MR) is 79.4 cm³/mol. The van der Waals surface area contributed by atoms with Gasteiger partial charge < -0.3 is 10.4 Å². The molecule has 0 bridgehead atoms. The molecule has 116 valence electrons. The van der Waals surface area contributed by atoms with E-state index in [-0.39, 0.29) is 18.7 Å². The lowest BCUT2D eigenvalue weighted by Crippen LogP contribution is -2.31. The third-order valence-electron chi connectivity index (χ3n) is 4.28. The van der Waals surface area contributed by atoms with Crippen molar-refractivity contribution in [2.75, 3.05) is 6.54 Å². The van der Waals surface area contributed by atoms with E-state index in [9.17, 15) is 9.59 Å². The van der Waals surface area contributed by atoms with Crippen molar-refractivity contribution in [3.63, 3.8) is 0 Å². The molecular weight excluding hydrogens is 254 g/mol. The minimum absolute atomic E-state index is 0.0274. The number of hydrogen-bond acceptors (Lipinski definition) is 2. The highest BCUT2D eigenvalue weighted by Gasteiger charge is 2.25. The van der Waals surface area contributed by atoms with Crippen molar-refractivity contribution in [2.24, 2.45) is 17.3 Å². The Labute approximate surface area is 122 Å². The van der Waals surface area contributed by atoms with Gasteiger partial charge in [-0.05, 0) is 23.7 Å². The van der Waals surface area contributed by atoms with Crippen LogP contribution in [-0.2, 0) is 9.59 Å². The number of carboxylic acids is 1. The van der Waals surface area contributed by atoms with Crippen molar-refractivity contribution in [1.29, 1.82) is 0 Å². The molecule has 0 aromatic carbocycles. The van der Waals surface area contributed by atoms with Gasteiger partial charge in [0.1, 0.15) is 0 Å². The lowest BCUT2D eigenvalue weighted by Gasteiger charge is -2.26. The Bertz CT molecular complexity index is 331. The molecule has 1 aliphatic carbocycles. The predicted octanol–water partition coefficient (Wildman–Crippen LogP) is 3.21. The summed E-state index contributed by atoms with van der Waals surface area (Å²) in [7, 11) is 0. The second-order valence-corrected chi connectivity index (χ2v) is 7.18. The van der Waals surface area contributed by atoms with Crippen LogP contribution in [-0.4, -0.2) is 23.5 Å². The van der Waals surface area contributed by atoms with Crippen LogP contribution < -0.4 is 5.32 Å². The number of rotatable bonds is 7. The fourth-order valence-electron chi connectivity index (χ4n) is 3.00. The van der Waals surface area contributed by atoms with Gasteiger partial charge in [0, 0.05) is 13.0 Å². The number of aliphatic carboxylic acids is 1. The Hall–Kier alpha value is -1.06. The van der Waals surface area contributed by atoms with Gasteiger partial charge in [-0.25, -0.2) is 0 Å². The number of nitrogens with one attached hydrogen (secondary N) is 1. The molecule has 4 nitrogen and oxygen atoms in total. The van der Waals surface area contributed by atoms with Gasteiger partial charge in [0.05, 0.1) is 6.42 Å². The number of carbonyl (C=O) groups is 2. The van der Waals surface area contributed by atoms with Crippen LogP contribution in [0.2, 0.25) is 0 Å². The van der Waals surface area contributed by atoms with Gasteiger partial charge in [0.15, 0.2) is 0 Å². The number of carboxylic acid groups (broad SMARTS) is 1. The van der Waals surface area contributed by atoms with Crippen LogP contribution in [0, 0.1) is 17.3 Å². The molecular formula is C16H29NO3. The Kier molecular flexibility index (Phi) is 6.50. The van der Waals surface area contributed by atoms with Gasteiger partial charge >= 0.3 is 5.97 Å². The Morgan fingerprint density at radius 3 is 2.30 bits per heavy atom. The van der Waals surface area contributed by atoms with Gasteiger partial charge in [-0.3, -0.25) is 9.59 Å². The highest BCUT2D eigenvalue weighted by molar-refractivity contribution is 5.77. The molecule has 4 heteroatoms. The molecule has 0 radical (unpaired) electrons. The second kappa shape index (κ2) is 7.65. The molecule has 0 aromatic heterocycles. The summed E-state index contributed by atoms with van der Waals surface area (Å²) in [6.45, 7) is 6.68.